The van der Waals surface area contributed by atoms with E-state index in [9.17, 15) is 58.5 Å². The number of aliphatic carboxylic acids is 3. The van der Waals surface area contributed by atoms with Gasteiger partial charge in [-0.05, 0) is 120 Å². The molecule has 1 amide bonds. The number of hydrogen-bond acceptors (Lipinski definition) is 20. The molecular weight excluding hydrogens is 965 g/mol. The van der Waals surface area contributed by atoms with Crippen LogP contribution in [0.2, 0.25) is 0 Å². The number of carboxylic acids is 3. The summed E-state index contributed by atoms with van der Waals surface area (Å²) >= 11 is 1.45. The van der Waals surface area contributed by atoms with Crippen molar-refractivity contribution in [3.05, 3.63) is 0 Å². The van der Waals surface area contributed by atoms with Gasteiger partial charge < -0.3 is 69.0 Å². The van der Waals surface area contributed by atoms with Gasteiger partial charge in [-0.25, -0.2) is 0 Å². The Labute approximate surface area is 433 Å². The van der Waals surface area contributed by atoms with Gasteiger partial charge in [0.05, 0.1) is 36.4 Å². The molecule has 424 valence electrons. The number of hydrogen-bond donors (Lipinski definition) is 4. The number of amides is 1. The van der Waals surface area contributed by atoms with Gasteiger partial charge in [-0.15, -0.1) is 0 Å². The standard InChI is InChI=1S/C18H32O7S.C10H21NO2.C8H15NO3.C8H14O4.C6H12O3/c1-7-17(2,3)16(22)25-11-13(19)10-24-14(20)8-9-26-12-18(4,5)15(21)23-6;1-6-10(2,3)9(12)13-8-7-11(4)5;1-4-8(2,3)7(12)9-5-6(10)11;1-7(9)12-6-4-2-3-5-8(10)11;7-5-3-1-2-4-6(8)9/h13,19H,7-12H2,1-6H3;6-8H2,1-5H3;4-5H2,1-3H3,(H,9,12)(H,10,11);2-6H2,1H3,(H,10,11);7H,1-5H2,(H,8,9)/p-2. The van der Waals surface area contributed by atoms with Crippen molar-refractivity contribution in [3.63, 3.8) is 0 Å². The average molecular weight is 1060 g/mol. The van der Waals surface area contributed by atoms with E-state index in [1.165, 1.54) is 25.8 Å². The Hall–Kier alpha value is -4.54. The van der Waals surface area contributed by atoms with E-state index >= 15 is 0 Å². The number of aliphatic hydroxyl groups is 2. The van der Waals surface area contributed by atoms with E-state index in [1.54, 1.807) is 41.5 Å². The van der Waals surface area contributed by atoms with Gasteiger partial charge in [-0.3, -0.25) is 33.6 Å². The number of unbranched alkanes of at least 4 members (excludes halogenated alkanes) is 4. The van der Waals surface area contributed by atoms with E-state index in [1.807, 2.05) is 53.6 Å². The van der Waals surface area contributed by atoms with Crippen LogP contribution in [-0.4, -0.2) is 159 Å². The van der Waals surface area contributed by atoms with Crippen molar-refractivity contribution >= 4 is 65.4 Å². The average Bonchev–Trinajstić information content (AvgIpc) is 3.30. The van der Waals surface area contributed by atoms with Crippen LogP contribution in [0, 0.1) is 21.7 Å². The monoisotopic (exact) mass is 1060 g/mol. The number of carbonyl (C=O) groups is 9. The molecule has 0 radical (unpaired) electrons. The molecule has 1 unspecified atom stereocenters. The van der Waals surface area contributed by atoms with Crippen LogP contribution < -0.4 is 15.5 Å². The summed E-state index contributed by atoms with van der Waals surface area (Å²) in [6.07, 6.45) is 5.56. The summed E-state index contributed by atoms with van der Waals surface area (Å²) < 4.78 is 24.5. The summed E-state index contributed by atoms with van der Waals surface area (Å²) in [7, 11) is 5.26. The summed E-state index contributed by atoms with van der Waals surface area (Å²) in [5.41, 5.74) is -2.04. The molecular formula is C50H92N2O19S-2. The largest absolute Gasteiger partial charge is 0.550 e. The van der Waals surface area contributed by atoms with Gasteiger partial charge in [0.15, 0.2) is 0 Å². The molecule has 0 fully saturated rings. The smallest absolute Gasteiger partial charge is 0.322 e. The number of ether oxygens (including phenoxy) is 5. The van der Waals surface area contributed by atoms with Crippen LogP contribution >= 0.6 is 11.8 Å². The van der Waals surface area contributed by atoms with E-state index < -0.39 is 52.2 Å². The van der Waals surface area contributed by atoms with Gasteiger partial charge in [0, 0.05) is 48.9 Å². The zero-order valence-electron chi connectivity index (χ0n) is 46.2. The molecule has 1 atom stereocenters. The second-order valence-corrected chi connectivity index (χ2v) is 20.4. The van der Waals surface area contributed by atoms with Gasteiger partial charge in [-0.2, -0.15) is 11.8 Å². The zero-order chi connectivity index (χ0) is 57.1. The fraction of sp³-hybridized carbons (Fsp3) is 0.820. The van der Waals surface area contributed by atoms with E-state index in [0.29, 0.717) is 63.2 Å². The molecule has 22 heteroatoms. The molecule has 0 rings (SSSR count). The van der Waals surface area contributed by atoms with Crippen molar-refractivity contribution < 1.29 is 92.4 Å². The number of likely N-dealkylation sites (N-methyl/N-ethyl adjacent to an activating group) is 1. The quantitative estimate of drug-likeness (QED) is 0.0426. The maximum absolute atomic E-state index is 11.8. The molecule has 0 saturated carbocycles. The topological polar surface area (TPSA) is 322 Å². The van der Waals surface area contributed by atoms with Crippen LogP contribution in [0.4, 0.5) is 0 Å². The minimum absolute atomic E-state index is 0.0834. The Bertz CT molecular complexity index is 1530. The third-order valence-electron chi connectivity index (χ3n) is 10.4. The Balaban J connectivity index is -0.000000277. The first-order valence-electron chi connectivity index (χ1n) is 24.3. The molecule has 0 aromatic heterocycles. The van der Waals surface area contributed by atoms with Gasteiger partial charge >= 0.3 is 35.8 Å². The number of carboxylic acid groups (broad SMARTS) is 3. The molecule has 0 heterocycles. The highest BCUT2D eigenvalue weighted by molar-refractivity contribution is 7.99. The zero-order valence-corrected chi connectivity index (χ0v) is 47.0. The lowest BCUT2D eigenvalue weighted by atomic mass is 9.89. The SMILES string of the molecule is CC(=O)OCCCCCC(=O)[O-].CCC(C)(C)C(=O)NCC(=O)O.CCC(C)(C)C(=O)OCC(O)COC(=O)CCSCC(C)(C)C(=O)OC.CCC(C)(C)C(=O)OCCN(C)C.O=C([O-])CCCCCO. The second-order valence-electron chi connectivity index (χ2n) is 19.3. The number of nitrogens with one attached hydrogen (secondary N) is 1. The number of esters is 5. The number of rotatable bonds is 32. The molecule has 0 aromatic rings. The van der Waals surface area contributed by atoms with Crippen molar-refractivity contribution in [1.29, 1.82) is 0 Å². The molecule has 72 heavy (non-hydrogen) atoms. The summed E-state index contributed by atoms with van der Waals surface area (Å²) in [4.78, 5) is 99.7. The van der Waals surface area contributed by atoms with Crippen LogP contribution in [0.5, 0.6) is 0 Å². The lowest BCUT2D eigenvalue weighted by Crippen LogP contribution is -2.39. The van der Waals surface area contributed by atoms with Crippen molar-refractivity contribution in [1.82, 2.24) is 10.2 Å². The van der Waals surface area contributed by atoms with Gasteiger partial charge in [0.2, 0.25) is 5.91 Å². The molecule has 0 aliphatic heterocycles. The lowest BCUT2D eigenvalue weighted by Gasteiger charge is -2.21. The van der Waals surface area contributed by atoms with Crippen molar-refractivity contribution in [2.45, 2.75) is 166 Å². The summed E-state index contributed by atoms with van der Waals surface area (Å²) in [6.45, 7) is 22.6. The van der Waals surface area contributed by atoms with Gasteiger partial charge in [-0.1, -0.05) is 41.0 Å². The normalized spacial score (nSPS) is 11.4. The predicted molar refractivity (Wildman–Crippen MR) is 269 cm³/mol. The van der Waals surface area contributed by atoms with E-state index in [0.717, 1.165) is 25.8 Å². The second kappa shape index (κ2) is 44.0. The maximum atomic E-state index is 11.8. The van der Waals surface area contributed by atoms with E-state index in [2.05, 4.69) is 10.1 Å². The van der Waals surface area contributed by atoms with Crippen molar-refractivity contribution in [2.24, 2.45) is 21.7 Å². The molecule has 0 saturated heterocycles. The van der Waals surface area contributed by atoms with Crippen molar-refractivity contribution in [2.75, 3.05) is 78.8 Å². The highest BCUT2D eigenvalue weighted by Gasteiger charge is 2.30. The van der Waals surface area contributed by atoms with Crippen LogP contribution in [0.3, 0.4) is 0 Å². The Morgan fingerprint density at radius 3 is 1.51 bits per heavy atom. The fourth-order valence-electron chi connectivity index (χ4n) is 4.18. The fourth-order valence-corrected chi connectivity index (χ4v) is 5.26. The van der Waals surface area contributed by atoms with Crippen LogP contribution in [0.25, 0.3) is 0 Å². The molecule has 21 nitrogen and oxygen atoms in total. The van der Waals surface area contributed by atoms with Crippen LogP contribution in [0.1, 0.15) is 160 Å². The number of carbonyl (C=O) groups excluding carboxylic acids is 8. The molecule has 0 aliphatic rings. The van der Waals surface area contributed by atoms with Crippen molar-refractivity contribution in [3.8, 4) is 0 Å². The number of thioether (sulfide) groups is 1. The molecule has 0 aliphatic carbocycles. The Kier molecular flexibility index (Phi) is 46.7. The highest BCUT2D eigenvalue weighted by Crippen LogP contribution is 2.24. The Morgan fingerprint density at radius 1 is 0.625 bits per heavy atom. The minimum Gasteiger partial charge on any atom is -0.550 e. The number of nitrogens with zero attached hydrogens (tertiary/aromatic N) is 1. The molecule has 0 aromatic carbocycles. The first-order chi connectivity index (χ1) is 33.1. The summed E-state index contributed by atoms with van der Waals surface area (Å²) in [5, 5.41) is 48.4. The Morgan fingerprint density at radius 2 is 1.10 bits per heavy atom. The molecule has 0 bridgehead atoms. The van der Waals surface area contributed by atoms with E-state index in [-0.39, 0.29) is 74.9 Å². The third kappa shape index (κ3) is 49.1. The van der Waals surface area contributed by atoms with Crippen LogP contribution in [-0.2, 0) is 66.8 Å². The van der Waals surface area contributed by atoms with E-state index in [4.69, 9.17) is 29.2 Å². The predicted octanol–water partition coefficient (Wildman–Crippen LogP) is 3.49. The maximum Gasteiger partial charge on any atom is 0.322 e. The first kappa shape index (κ1) is 76.4. The lowest BCUT2D eigenvalue weighted by molar-refractivity contribution is -0.307. The van der Waals surface area contributed by atoms with Gasteiger partial charge in [0.1, 0.15) is 32.5 Å². The minimum atomic E-state index is -1.05. The molecule has 4 N–H and O–H groups in total. The summed E-state index contributed by atoms with van der Waals surface area (Å²) in [6, 6.07) is 0. The third-order valence-corrected chi connectivity index (χ3v) is 11.8. The summed E-state index contributed by atoms with van der Waals surface area (Å²) in [5.74, 6) is -3.78. The highest BCUT2D eigenvalue weighted by atomic mass is 32.2. The first-order valence-corrected chi connectivity index (χ1v) is 25.4. The van der Waals surface area contributed by atoms with Gasteiger partial charge in [0.25, 0.3) is 0 Å². The number of aliphatic hydroxyl groups excluding tert-OH is 2. The molecule has 0 spiro atoms. The number of methoxy groups -OCH3 is 1. The van der Waals surface area contributed by atoms with Crippen LogP contribution in [0.15, 0.2) is 0 Å².